The maximum Gasteiger partial charge on any atom is 0.205 e. The molecule has 0 saturated carbocycles. The predicted molar refractivity (Wildman–Crippen MR) is 84.5 cm³/mol. The molecule has 2 aromatic heterocycles. The minimum Gasteiger partial charge on any atom is -0.487 e. The van der Waals surface area contributed by atoms with Crippen molar-refractivity contribution in [3.8, 4) is 5.75 Å². The van der Waals surface area contributed by atoms with Crippen LogP contribution in [0.25, 0.3) is 0 Å². The molecule has 1 fully saturated rings. The molecule has 3 rings (SSSR count). The normalized spacial score (nSPS) is 18.5. The lowest BCUT2D eigenvalue weighted by Crippen LogP contribution is -2.24. The van der Waals surface area contributed by atoms with E-state index in [0.717, 1.165) is 30.5 Å². The first-order valence-electron chi connectivity index (χ1n) is 6.98. The van der Waals surface area contributed by atoms with Gasteiger partial charge < -0.3 is 9.64 Å². The third-order valence-corrected chi connectivity index (χ3v) is 4.47. The maximum atomic E-state index is 6.07. The van der Waals surface area contributed by atoms with Gasteiger partial charge >= 0.3 is 0 Å². The zero-order chi connectivity index (χ0) is 14.8. The van der Waals surface area contributed by atoms with E-state index in [-0.39, 0.29) is 6.10 Å². The number of anilines is 1. The Bertz CT molecular complexity index is 619. The van der Waals surface area contributed by atoms with Crippen molar-refractivity contribution in [3.05, 3.63) is 29.3 Å². The fourth-order valence-electron chi connectivity index (χ4n) is 2.23. The average molecular weight is 325 g/mol. The van der Waals surface area contributed by atoms with E-state index in [4.69, 9.17) is 16.3 Å². The molecule has 0 bridgehead atoms. The van der Waals surface area contributed by atoms with Crippen LogP contribution in [0.5, 0.6) is 5.75 Å². The van der Waals surface area contributed by atoms with E-state index in [1.54, 1.807) is 18.5 Å². The second kappa shape index (κ2) is 6.15. The minimum absolute atomic E-state index is 0.122. The molecule has 2 aromatic rings. The van der Waals surface area contributed by atoms with Gasteiger partial charge in [0.1, 0.15) is 22.7 Å². The van der Waals surface area contributed by atoms with E-state index >= 15 is 0 Å². The molecular weight excluding hydrogens is 308 g/mol. The van der Waals surface area contributed by atoms with Crippen molar-refractivity contribution in [1.29, 1.82) is 0 Å². The summed E-state index contributed by atoms with van der Waals surface area (Å²) in [6.07, 6.45) is 4.36. The van der Waals surface area contributed by atoms with Crippen molar-refractivity contribution in [2.75, 3.05) is 18.0 Å². The molecule has 0 amide bonds. The summed E-state index contributed by atoms with van der Waals surface area (Å²) >= 11 is 7.53. The molecule has 0 aliphatic carbocycles. The number of ether oxygens (including phenoxy) is 1. The first kappa shape index (κ1) is 14.5. The standard InChI is InChI=1S/C14H17ClN4OS/c1-9(2)13-17-14(21-18-13)19-6-4-10(8-19)20-12-3-5-16-7-11(12)15/h3,5,7,9-10H,4,6,8H2,1-2H3. The van der Waals surface area contributed by atoms with E-state index in [1.165, 1.54) is 11.5 Å². The third kappa shape index (κ3) is 3.27. The number of halogens is 1. The van der Waals surface area contributed by atoms with E-state index in [1.807, 2.05) is 0 Å². The summed E-state index contributed by atoms with van der Waals surface area (Å²) in [6.45, 7) is 5.95. The van der Waals surface area contributed by atoms with E-state index in [2.05, 4.69) is 33.1 Å². The number of rotatable bonds is 4. The second-order valence-corrected chi connectivity index (χ2v) is 6.51. The highest BCUT2D eigenvalue weighted by Gasteiger charge is 2.27. The topological polar surface area (TPSA) is 51.1 Å². The zero-order valence-corrected chi connectivity index (χ0v) is 13.6. The largest absolute Gasteiger partial charge is 0.487 e. The van der Waals surface area contributed by atoms with Crippen molar-refractivity contribution < 1.29 is 4.74 Å². The highest BCUT2D eigenvalue weighted by molar-refractivity contribution is 7.09. The molecule has 1 saturated heterocycles. The molecule has 5 nitrogen and oxygen atoms in total. The van der Waals surface area contributed by atoms with Crippen molar-refractivity contribution >= 4 is 28.3 Å². The van der Waals surface area contributed by atoms with Crippen LogP contribution in [0, 0.1) is 0 Å². The molecule has 0 N–H and O–H groups in total. The summed E-state index contributed by atoms with van der Waals surface area (Å²) in [5, 5.41) is 1.53. The number of aromatic nitrogens is 3. The fraction of sp³-hybridized carbons (Fsp3) is 0.500. The van der Waals surface area contributed by atoms with Crippen molar-refractivity contribution in [3.63, 3.8) is 0 Å². The van der Waals surface area contributed by atoms with Gasteiger partial charge in [-0.1, -0.05) is 25.4 Å². The first-order valence-corrected chi connectivity index (χ1v) is 8.13. The summed E-state index contributed by atoms with van der Waals surface area (Å²) in [5.74, 6) is 1.97. The predicted octanol–water partition coefficient (Wildman–Crippen LogP) is 3.37. The highest BCUT2D eigenvalue weighted by atomic mass is 35.5. The molecule has 0 aromatic carbocycles. The molecule has 0 radical (unpaired) electrons. The van der Waals surface area contributed by atoms with Crippen LogP contribution in [0.2, 0.25) is 5.02 Å². The van der Waals surface area contributed by atoms with Crippen LogP contribution in [0.1, 0.15) is 32.0 Å². The minimum atomic E-state index is 0.122. The van der Waals surface area contributed by atoms with Crippen LogP contribution in [0.3, 0.4) is 0 Å². The maximum absolute atomic E-state index is 6.07. The van der Waals surface area contributed by atoms with Crippen LogP contribution in [-0.4, -0.2) is 33.5 Å². The Hall–Kier alpha value is -1.40. The van der Waals surface area contributed by atoms with Gasteiger partial charge in [0.2, 0.25) is 5.13 Å². The Morgan fingerprint density at radius 3 is 3.05 bits per heavy atom. The van der Waals surface area contributed by atoms with Gasteiger partial charge in [-0.3, -0.25) is 4.98 Å². The third-order valence-electron chi connectivity index (χ3n) is 3.39. The molecule has 7 heteroatoms. The van der Waals surface area contributed by atoms with Crippen LogP contribution in [-0.2, 0) is 0 Å². The lowest BCUT2D eigenvalue weighted by molar-refractivity contribution is 0.225. The van der Waals surface area contributed by atoms with Crippen molar-refractivity contribution in [2.24, 2.45) is 0 Å². The lowest BCUT2D eigenvalue weighted by Gasteiger charge is -2.16. The van der Waals surface area contributed by atoms with Gasteiger partial charge in [-0.2, -0.15) is 4.37 Å². The van der Waals surface area contributed by atoms with Crippen LogP contribution in [0.4, 0.5) is 5.13 Å². The quantitative estimate of drug-likeness (QED) is 0.863. The van der Waals surface area contributed by atoms with Gasteiger partial charge in [-0.25, -0.2) is 4.98 Å². The molecule has 1 aliphatic rings. The van der Waals surface area contributed by atoms with Crippen LogP contribution >= 0.6 is 23.1 Å². The van der Waals surface area contributed by atoms with Crippen molar-refractivity contribution in [1.82, 2.24) is 14.3 Å². The molecule has 1 aliphatic heterocycles. The summed E-state index contributed by atoms with van der Waals surface area (Å²) in [7, 11) is 0. The van der Waals surface area contributed by atoms with Crippen LogP contribution in [0.15, 0.2) is 18.5 Å². The Morgan fingerprint density at radius 1 is 1.48 bits per heavy atom. The monoisotopic (exact) mass is 324 g/mol. The summed E-state index contributed by atoms with van der Waals surface area (Å²) in [6, 6.07) is 1.80. The number of pyridine rings is 1. The van der Waals surface area contributed by atoms with Gasteiger partial charge in [0.15, 0.2) is 0 Å². The number of nitrogens with zero attached hydrogens (tertiary/aromatic N) is 4. The molecular formula is C14H17ClN4OS. The molecule has 21 heavy (non-hydrogen) atoms. The molecule has 112 valence electrons. The van der Waals surface area contributed by atoms with E-state index in [0.29, 0.717) is 16.7 Å². The van der Waals surface area contributed by atoms with Gasteiger partial charge in [0.05, 0.1) is 6.54 Å². The summed E-state index contributed by atoms with van der Waals surface area (Å²) in [4.78, 5) is 10.8. The highest BCUT2D eigenvalue weighted by Crippen LogP contribution is 2.29. The zero-order valence-electron chi connectivity index (χ0n) is 12.0. The average Bonchev–Trinajstić information content (AvgIpc) is 3.10. The Kier molecular flexibility index (Phi) is 4.26. The van der Waals surface area contributed by atoms with Crippen LogP contribution < -0.4 is 9.64 Å². The molecule has 3 heterocycles. The van der Waals surface area contributed by atoms with Gasteiger partial charge in [-0.15, -0.1) is 0 Å². The first-order chi connectivity index (χ1) is 10.1. The number of hydrogen-bond acceptors (Lipinski definition) is 6. The van der Waals surface area contributed by atoms with E-state index in [9.17, 15) is 0 Å². The Labute approximate surface area is 133 Å². The lowest BCUT2D eigenvalue weighted by atomic mass is 10.2. The summed E-state index contributed by atoms with van der Waals surface area (Å²) in [5.41, 5.74) is 0. The smallest absolute Gasteiger partial charge is 0.205 e. The summed E-state index contributed by atoms with van der Waals surface area (Å²) < 4.78 is 10.4. The van der Waals surface area contributed by atoms with E-state index < -0.39 is 0 Å². The van der Waals surface area contributed by atoms with Gasteiger partial charge in [0.25, 0.3) is 0 Å². The molecule has 0 spiro atoms. The van der Waals surface area contributed by atoms with Gasteiger partial charge in [-0.05, 0) is 0 Å². The fourth-order valence-corrected chi connectivity index (χ4v) is 3.23. The SMILES string of the molecule is CC(C)c1nsc(N2CCC(Oc3ccncc3Cl)C2)n1. The molecule has 1 atom stereocenters. The Morgan fingerprint density at radius 2 is 2.33 bits per heavy atom. The van der Waals surface area contributed by atoms with Gasteiger partial charge in [0, 0.05) is 48.9 Å². The van der Waals surface area contributed by atoms with Crippen molar-refractivity contribution in [2.45, 2.75) is 32.3 Å². The Balaban J connectivity index is 1.64. The number of hydrogen-bond donors (Lipinski definition) is 0. The molecule has 1 unspecified atom stereocenters. The second-order valence-electron chi connectivity index (χ2n) is 5.37.